The zero-order valence-corrected chi connectivity index (χ0v) is 13.8. The number of nitrogens with one attached hydrogen (secondary N) is 1. The highest BCUT2D eigenvalue weighted by Crippen LogP contribution is 2.16. The number of sulfone groups is 1. The van der Waals surface area contributed by atoms with Crippen LogP contribution >= 0.6 is 12.4 Å². The molecule has 21 heavy (non-hydrogen) atoms. The molecule has 1 amide bonds. The van der Waals surface area contributed by atoms with Crippen molar-refractivity contribution in [2.24, 2.45) is 5.73 Å². The first kappa shape index (κ1) is 19.9. The molecule has 1 aromatic rings. The Bertz CT molecular complexity index is 556. The standard InChI is InChI=1S/C13H20N2O4S.ClH/c1-9(15-13(16)12(8-14)19-2)10-4-6-11(7-5-10)20(3,17)18;/h4-7,9,12H,8,14H2,1-3H3,(H,15,16);1H. The highest BCUT2D eigenvalue weighted by Gasteiger charge is 2.18. The van der Waals surface area contributed by atoms with Crippen molar-refractivity contribution in [3.8, 4) is 0 Å². The van der Waals surface area contributed by atoms with E-state index in [2.05, 4.69) is 5.32 Å². The molecule has 0 aliphatic rings. The van der Waals surface area contributed by atoms with Crippen molar-refractivity contribution in [3.05, 3.63) is 29.8 Å². The Balaban J connectivity index is 0.00000400. The van der Waals surface area contributed by atoms with E-state index < -0.39 is 15.9 Å². The summed E-state index contributed by atoms with van der Waals surface area (Å²) in [6.07, 6.45) is 0.463. The number of ether oxygens (including phenoxy) is 1. The number of halogens is 1. The third-order valence-corrected chi connectivity index (χ3v) is 4.09. The van der Waals surface area contributed by atoms with Gasteiger partial charge in [0.1, 0.15) is 6.10 Å². The van der Waals surface area contributed by atoms with Gasteiger partial charge in [0, 0.05) is 19.9 Å². The molecule has 0 spiro atoms. The molecule has 0 aliphatic carbocycles. The average Bonchev–Trinajstić information content (AvgIpc) is 2.39. The summed E-state index contributed by atoms with van der Waals surface area (Å²) < 4.78 is 27.7. The number of carbonyl (C=O) groups excluding carboxylic acids is 1. The Morgan fingerprint density at radius 3 is 2.24 bits per heavy atom. The van der Waals surface area contributed by atoms with E-state index in [1.54, 1.807) is 19.1 Å². The van der Waals surface area contributed by atoms with Gasteiger partial charge in [0.25, 0.3) is 5.91 Å². The molecule has 2 atom stereocenters. The average molecular weight is 337 g/mol. The normalized spacial score (nSPS) is 13.9. The molecule has 0 heterocycles. The number of hydrogen-bond acceptors (Lipinski definition) is 5. The molecule has 0 fully saturated rings. The van der Waals surface area contributed by atoms with Crippen molar-refractivity contribution in [1.82, 2.24) is 5.32 Å². The lowest BCUT2D eigenvalue weighted by atomic mass is 10.1. The van der Waals surface area contributed by atoms with Gasteiger partial charge in [0.05, 0.1) is 10.9 Å². The van der Waals surface area contributed by atoms with E-state index >= 15 is 0 Å². The number of nitrogens with two attached hydrogens (primary N) is 1. The number of amides is 1. The molecule has 2 unspecified atom stereocenters. The molecule has 0 saturated heterocycles. The lowest BCUT2D eigenvalue weighted by Crippen LogP contribution is -2.41. The van der Waals surface area contributed by atoms with Gasteiger partial charge in [0.2, 0.25) is 0 Å². The third-order valence-electron chi connectivity index (χ3n) is 2.96. The van der Waals surface area contributed by atoms with Crippen molar-refractivity contribution in [1.29, 1.82) is 0 Å². The van der Waals surface area contributed by atoms with Gasteiger partial charge in [0.15, 0.2) is 9.84 Å². The second-order valence-corrected chi connectivity index (χ2v) is 6.55. The van der Waals surface area contributed by atoms with Crippen LogP contribution in [0.4, 0.5) is 0 Å². The molecule has 0 aliphatic heterocycles. The van der Waals surface area contributed by atoms with Gasteiger partial charge in [-0.3, -0.25) is 4.79 Å². The Kier molecular flexibility index (Phi) is 7.87. The third kappa shape index (κ3) is 5.62. The molecule has 1 rings (SSSR count). The lowest BCUT2D eigenvalue weighted by molar-refractivity contribution is -0.131. The number of methoxy groups -OCH3 is 1. The quantitative estimate of drug-likeness (QED) is 0.795. The van der Waals surface area contributed by atoms with Gasteiger partial charge in [-0.2, -0.15) is 0 Å². The fraction of sp³-hybridized carbons (Fsp3) is 0.462. The van der Waals surface area contributed by atoms with Crippen LogP contribution in [0, 0.1) is 0 Å². The summed E-state index contributed by atoms with van der Waals surface area (Å²) in [5, 5.41) is 2.76. The van der Waals surface area contributed by atoms with Crippen molar-refractivity contribution in [3.63, 3.8) is 0 Å². The summed E-state index contributed by atoms with van der Waals surface area (Å²) in [6, 6.07) is 6.12. The van der Waals surface area contributed by atoms with Crippen molar-refractivity contribution >= 4 is 28.2 Å². The molecule has 6 nitrogen and oxygen atoms in total. The maximum atomic E-state index is 11.8. The van der Waals surface area contributed by atoms with E-state index in [9.17, 15) is 13.2 Å². The van der Waals surface area contributed by atoms with E-state index in [-0.39, 0.29) is 35.8 Å². The minimum absolute atomic E-state index is 0. The molecule has 0 aromatic heterocycles. The molecular weight excluding hydrogens is 316 g/mol. The van der Waals surface area contributed by atoms with Crippen molar-refractivity contribution in [2.75, 3.05) is 19.9 Å². The van der Waals surface area contributed by atoms with E-state index in [1.807, 2.05) is 0 Å². The SMILES string of the molecule is COC(CN)C(=O)NC(C)c1ccc(S(C)(=O)=O)cc1.Cl. The first-order chi connectivity index (χ1) is 9.29. The molecule has 8 heteroatoms. The monoisotopic (exact) mass is 336 g/mol. The first-order valence-corrected chi connectivity index (χ1v) is 8.02. The highest BCUT2D eigenvalue weighted by molar-refractivity contribution is 7.90. The van der Waals surface area contributed by atoms with Crippen LogP contribution in [-0.4, -0.2) is 40.3 Å². The molecule has 0 saturated carbocycles. The van der Waals surface area contributed by atoms with Gasteiger partial charge in [-0.15, -0.1) is 12.4 Å². The van der Waals surface area contributed by atoms with Crippen LogP contribution in [0.5, 0.6) is 0 Å². The first-order valence-electron chi connectivity index (χ1n) is 6.13. The van der Waals surface area contributed by atoms with Crippen LogP contribution in [0.1, 0.15) is 18.5 Å². The Hall–Kier alpha value is -1.15. The maximum absolute atomic E-state index is 11.8. The zero-order valence-electron chi connectivity index (χ0n) is 12.2. The molecule has 1 aromatic carbocycles. The van der Waals surface area contributed by atoms with Crippen LogP contribution in [0.25, 0.3) is 0 Å². The van der Waals surface area contributed by atoms with Gasteiger partial charge < -0.3 is 15.8 Å². The Morgan fingerprint density at radius 1 is 1.33 bits per heavy atom. The van der Waals surface area contributed by atoms with Crippen LogP contribution in [0.3, 0.4) is 0 Å². The topological polar surface area (TPSA) is 98.5 Å². The lowest BCUT2D eigenvalue weighted by Gasteiger charge is -2.18. The van der Waals surface area contributed by atoms with E-state index in [4.69, 9.17) is 10.5 Å². The summed E-state index contributed by atoms with van der Waals surface area (Å²) >= 11 is 0. The molecule has 0 bridgehead atoms. The van der Waals surface area contributed by atoms with Gasteiger partial charge >= 0.3 is 0 Å². The predicted molar refractivity (Wildman–Crippen MR) is 83.2 cm³/mol. The van der Waals surface area contributed by atoms with Gasteiger partial charge in [-0.05, 0) is 24.6 Å². The summed E-state index contributed by atoms with van der Waals surface area (Å²) in [7, 11) is -1.79. The largest absolute Gasteiger partial charge is 0.370 e. The van der Waals surface area contributed by atoms with E-state index in [0.717, 1.165) is 11.8 Å². The summed E-state index contributed by atoms with van der Waals surface area (Å²) in [5.74, 6) is -0.297. The number of benzene rings is 1. The molecule has 0 radical (unpaired) electrons. The number of hydrogen-bond donors (Lipinski definition) is 2. The van der Waals surface area contributed by atoms with Crippen LogP contribution in [0.15, 0.2) is 29.2 Å². The van der Waals surface area contributed by atoms with Crippen molar-refractivity contribution in [2.45, 2.75) is 24.0 Å². The summed E-state index contributed by atoms with van der Waals surface area (Å²) in [6.45, 7) is 1.90. The van der Waals surface area contributed by atoms with Crippen molar-refractivity contribution < 1.29 is 17.9 Å². The molecule has 3 N–H and O–H groups in total. The van der Waals surface area contributed by atoms with Crippen LogP contribution < -0.4 is 11.1 Å². The fourth-order valence-corrected chi connectivity index (χ4v) is 2.33. The zero-order chi connectivity index (χ0) is 15.3. The smallest absolute Gasteiger partial charge is 0.250 e. The Labute approximate surface area is 131 Å². The van der Waals surface area contributed by atoms with E-state index in [0.29, 0.717) is 0 Å². The van der Waals surface area contributed by atoms with Gasteiger partial charge in [-0.1, -0.05) is 12.1 Å². The maximum Gasteiger partial charge on any atom is 0.250 e. The minimum Gasteiger partial charge on any atom is -0.370 e. The Morgan fingerprint density at radius 2 is 1.86 bits per heavy atom. The van der Waals surface area contributed by atoms with Crippen LogP contribution in [-0.2, 0) is 19.4 Å². The second-order valence-electron chi connectivity index (χ2n) is 4.53. The van der Waals surface area contributed by atoms with Crippen LogP contribution in [0.2, 0.25) is 0 Å². The summed E-state index contributed by atoms with van der Waals surface area (Å²) in [5.41, 5.74) is 6.22. The number of carbonyl (C=O) groups is 1. The highest BCUT2D eigenvalue weighted by atomic mass is 35.5. The number of rotatable bonds is 6. The molecule has 120 valence electrons. The predicted octanol–water partition coefficient (Wildman–Crippen LogP) is 0.663. The van der Waals surface area contributed by atoms with E-state index in [1.165, 1.54) is 19.2 Å². The molecular formula is C13H21ClN2O4S. The second kappa shape index (κ2) is 8.33. The summed E-state index contributed by atoms with van der Waals surface area (Å²) in [4.78, 5) is 12.1. The minimum atomic E-state index is -3.21. The fourth-order valence-electron chi connectivity index (χ4n) is 1.70. The van der Waals surface area contributed by atoms with Gasteiger partial charge in [-0.25, -0.2) is 8.42 Å².